The van der Waals surface area contributed by atoms with Gasteiger partial charge in [0.25, 0.3) is 0 Å². The van der Waals surface area contributed by atoms with Crippen LogP contribution in [0.25, 0.3) is 32.8 Å². The lowest BCUT2D eigenvalue weighted by molar-refractivity contribution is 0.416. The fourth-order valence-corrected chi connectivity index (χ4v) is 3.65. The van der Waals surface area contributed by atoms with E-state index in [1.165, 1.54) is 23.5 Å². The van der Waals surface area contributed by atoms with Gasteiger partial charge in [0.05, 0.1) is 18.4 Å². The lowest BCUT2D eigenvalue weighted by Crippen LogP contribution is -2.02. The van der Waals surface area contributed by atoms with Crippen LogP contribution in [0.1, 0.15) is 0 Å². The molecule has 0 saturated carbocycles. The molecule has 0 aliphatic rings. The topological polar surface area (TPSA) is 72.6 Å². The van der Waals surface area contributed by atoms with E-state index in [2.05, 4.69) is 4.98 Å². The molecule has 0 spiro atoms. The van der Waals surface area contributed by atoms with E-state index in [0.29, 0.717) is 38.0 Å². The zero-order valence-corrected chi connectivity index (χ0v) is 15.1. The lowest BCUT2D eigenvalue weighted by atomic mass is 10.1. The van der Waals surface area contributed by atoms with Crippen molar-refractivity contribution in [2.45, 2.75) is 0 Å². The summed E-state index contributed by atoms with van der Waals surface area (Å²) in [5, 5.41) is 13.2. The monoisotopic (exact) mass is 385 g/mol. The van der Waals surface area contributed by atoms with Crippen molar-refractivity contribution in [1.82, 2.24) is 4.98 Å². The molecule has 2 aromatic carbocycles. The van der Waals surface area contributed by atoms with Crippen molar-refractivity contribution in [2.75, 3.05) is 7.11 Å². The van der Waals surface area contributed by atoms with Gasteiger partial charge in [0, 0.05) is 27.4 Å². The summed E-state index contributed by atoms with van der Waals surface area (Å²) in [6, 6.07) is 11.6. The molecule has 2 heterocycles. The molecule has 4 rings (SSSR count). The summed E-state index contributed by atoms with van der Waals surface area (Å²) in [7, 11) is 1.58. The van der Waals surface area contributed by atoms with E-state index in [9.17, 15) is 9.90 Å². The molecule has 7 heteroatoms. The summed E-state index contributed by atoms with van der Waals surface area (Å²) >= 11 is 7.41. The van der Waals surface area contributed by atoms with Crippen LogP contribution in [-0.4, -0.2) is 17.2 Å². The highest BCUT2D eigenvalue weighted by atomic mass is 35.5. The lowest BCUT2D eigenvalue weighted by Gasteiger charge is -2.06. The average Bonchev–Trinajstić information content (AvgIpc) is 3.10. The Bertz CT molecular complexity index is 1180. The van der Waals surface area contributed by atoms with Gasteiger partial charge in [0.2, 0.25) is 0 Å². The van der Waals surface area contributed by atoms with Crippen LogP contribution in [0.15, 0.2) is 57.1 Å². The van der Waals surface area contributed by atoms with Gasteiger partial charge in [-0.05, 0) is 36.4 Å². The molecule has 26 heavy (non-hydrogen) atoms. The molecule has 0 amide bonds. The molecule has 0 aliphatic carbocycles. The van der Waals surface area contributed by atoms with Crippen molar-refractivity contribution in [3.63, 3.8) is 0 Å². The Labute approximate surface area is 157 Å². The highest BCUT2D eigenvalue weighted by molar-refractivity contribution is 7.13. The minimum absolute atomic E-state index is 0.0398. The SMILES string of the molecule is COc1ccc(Cl)cc1-c1csc(-c2cc3ccc(O)cc3oc2=O)n1. The number of hydrogen-bond acceptors (Lipinski definition) is 6. The predicted octanol–water partition coefficient (Wildman–Crippen LogP) is 4.95. The van der Waals surface area contributed by atoms with E-state index in [1.807, 2.05) is 5.38 Å². The number of aromatic hydroxyl groups is 1. The van der Waals surface area contributed by atoms with Crippen LogP contribution in [0.2, 0.25) is 5.02 Å². The van der Waals surface area contributed by atoms with E-state index in [-0.39, 0.29) is 5.75 Å². The number of phenols is 1. The highest BCUT2D eigenvalue weighted by Crippen LogP contribution is 2.35. The van der Waals surface area contributed by atoms with Crippen LogP contribution in [0.5, 0.6) is 11.5 Å². The Hall–Kier alpha value is -2.83. The van der Waals surface area contributed by atoms with Crippen molar-refractivity contribution in [1.29, 1.82) is 0 Å². The molecule has 130 valence electrons. The summed E-state index contributed by atoms with van der Waals surface area (Å²) in [5.41, 5.74) is 1.58. The van der Waals surface area contributed by atoms with E-state index in [1.54, 1.807) is 37.4 Å². The number of nitrogens with zero attached hydrogens (tertiary/aromatic N) is 1. The van der Waals surface area contributed by atoms with Crippen LogP contribution in [0.3, 0.4) is 0 Å². The fraction of sp³-hybridized carbons (Fsp3) is 0.0526. The predicted molar refractivity (Wildman–Crippen MR) is 102 cm³/mol. The van der Waals surface area contributed by atoms with Crippen molar-refractivity contribution < 1.29 is 14.3 Å². The smallest absolute Gasteiger partial charge is 0.346 e. The van der Waals surface area contributed by atoms with Gasteiger partial charge in [-0.2, -0.15) is 0 Å². The van der Waals surface area contributed by atoms with Crippen molar-refractivity contribution in [2.24, 2.45) is 0 Å². The number of thiazole rings is 1. The molecule has 0 saturated heterocycles. The van der Waals surface area contributed by atoms with Gasteiger partial charge in [0.1, 0.15) is 22.1 Å². The number of rotatable bonds is 3. The maximum atomic E-state index is 12.3. The van der Waals surface area contributed by atoms with Gasteiger partial charge in [-0.1, -0.05) is 11.6 Å². The summed E-state index contributed by atoms with van der Waals surface area (Å²) in [6.07, 6.45) is 0. The zero-order chi connectivity index (χ0) is 18.3. The second-order valence-corrected chi connectivity index (χ2v) is 6.85. The van der Waals surface area contributed by atoms with Crippen LogP contribution in [0.4, 0.5) is 0 Å². The van der Waals surface area contributed by atoms with Crippen molar-refractivity contribution >= 4 is 33.9 Å². The van der Waals surface area contributed by atoms with Crippen LogP contribution >= 0.6 is 22.9 Å². The highest BCUT2D eigenvalue weighted by Gasteiger charge is 2.15. The summed E-state index contributed by atoms with van der Waals surface area (Å²) in [6.45, 7) is 0. The molecular weight excluding hydrogens is 374 g/mol. The number of benzene rings is 2. The van der Waals surface area contributed by atoms with E-state index in [0.717, 1.165) is 5.56 Å². The van der Waals surface area contributed by atoms with E-state index >= 15 is 0 Å². The number of fused-ring (bicyclic) bond motifs is 1. The first-order valence-electron chi connectivity index (χ1n) is 7.62. The Kier molecular flexibility index (Phi) is 4.14. The molecule has 0 bridgehead atoms. The normalized spacial score (nSPS) is 11.0. The second kappa shape index (κ2) is 6.48. The van der Waals surface area contributed by atoms with Gasteiger partial charge < -0.3 is 14.3 Å². The van der Waals surface area contributed by atoms with Crippen molar-refractivity contribution in [3.05, 3.63) is 63.3 Å². The van der Waals surface area contributed by atoms with Gasteiger partial charge in [0.15, 0.2) is 0 Å². The third-order valence-electron chi connectivity index (χ3n) is 3.89. The largest absolute Gasteiger partial charge is 0.508 e. The van der Waals surface area contributed by atoms with Gasteiger partial charge >= 0.3 is 5.63 Å². The first kappa shape index (κ1) is 16.6. The molecule has 5 nitrogen and oxygen atoms in total. The Morgan fingerprint density at radius 2 is 2.00 bits per heavy atom. The maximum absolute atomic E-state index is 12.3. The first-order chi connectivity index (χ1) is 12.5. The quantitative estimate of drug-likeness (QED) is 0.505. The van der Waals surface area contributed by atoms with Crippen LogP contribution in [-0.2, 0) is 0 Å². The van der Waals surface area contributed by atoms with E-state index in [4.69, 9.17) is 20.8 Å². The molecule has 0 fully saturated rings. The number of methoxy groups -OCH3 is 1. The summed E-state index contributed by atoms with van der Waals surface area (Å²) in [4.78, 5) is 16.9. The van der Waals surface area contributed by atoms with Gasteiger partial charge in [-0.25, -0.2) is 9.78 Å². The third-order valence-corrected chi connectivity index (χ3v) is 5.00. The Morgan fingerprint density at radius 1 is 1.15 bits per heavy atom. The van der Waals surface area contributed by atoms with Crippen LogP contribution in [0, 0.1) is 0 Å². The number of ether oxygens (including phenoxy) is 1. The molecule has 2 aromatic heterocycles. The molecule has 1 N–H and O–H groups in total. The van der Waals surface area contributed by atoms with Gasteiger partial charge in [-0.3, -0.25) is 0 Å². The zero-order valence-electron chi connectivity index (χ0n) is 13.5. The number of aromatic nitrogens is 1. The molecule has 0 atom stereocenters. The summed E-state index contributed by atoms with van der Waals surface area (Å²) in [5.74, 6) is 0.685. The second-order valence-electron chi connectivity index (χ2n) is 5.55. The maximum Gasteiger partial charge on any atom is 0.346 e. The Morgan fingerprint density at radius 3 is 2.81 bits per heavy atom. The molecule has 0 aliphatic heterocycles. The number of halogens is 1. The fourth-order valence-electron chi connectivity index (χ4n) is 2.65. The number of phenolic OH excluding ortho intramolecular Hbond substituents is 1. The van der Waals surface area contributed by atoms with Crippen LogP contribution < -0.4 is 10.4 Å². The summed E-state index contributed by atoms with van der Waals surface area (Å²) < 4.78 is 10.7. The van der Waals surface area contributed by atoms with Gasteiger partial charge in [-0.15, -0.1) is 11.3 Å². The molecular formula is C19H12ClNO4S. The minimum Gasteiger partial charge on any atom is -0.508 e. The van der Waals surface area contributed by atoms with Crippen molar-refractivity contribution in [3.8, 4) is 33.3 Å². The standard InChI is InChI=1S/C19H12ClNO4S/c1-24-16-5-3-11(20)7-13(16)15-9-26-18(21-15)14-6-10-2-4-12(22)8-17(10)25-19(14)23/h2-9,22H,1H3. The van der Waals surface area contributed by atoms with E-state index < -0.39 is 5.63 Å². The Balaban J connectivity index is 1.83. The first-order valence-corrected chi connectivity index (χ1v) is 8.87. The molecule has 4 aromatic rings. The molecule has 0 unspecified atom stereocenters. The average molecular weight is 386 g/mol. The molecule has 0 radical (unpaired) electrons. The number of hydrogen-bond donors (Lipinski definition) is 1. The minimum atomic E-state index is -0.512. The third kappa shape index (κ3) is 2.94.